The number of carbonyl (C=O) groups excluding carboxylic acids is 3. The Bertz CT molecular complexity index is 2000. The van der Waals surface area contributed by atoms with Gasteiger partial charge in [0.1, 0.15) is 30.3 Å². The standard InChI is InChI=1S/C43H51Cl4N3O8/c1-26-20-33(44)36(21-27(26)2)56-19-18-55-31-16-14-28(15-17-31)32-22-30-23-49(39(53)57-41(3,4)5)24-34(50(30)40(54)58-42(6,7)43(45,46)47)37(32)38(52)48(8)25-35(51)29-12-10-9-11-13-29/h9-17,20-21,30,34-35,51H,18-19,22-25H2,1-8H3/t30?,34?,35-/m1/s1. The number of amides is 3. The highest BCUT2D eigenvalue weighted by Gasteiger charge is 2.52. The fourth-order valence-corrected chi connectivity index (χ4v) is 7.18. The number of nitrogens with zero attached hydrogens (tertiary/aromatic N) is 3. The first kappa shape index (κ1) is 45.2. The highest BCUT2D eigenvalue weighted by molar-refractivity contribution is 6.68. The van der Waals surface area contributed by atoms with E-state index in [0.717, 1.165) is 11.1 Å². The van der Waals surface area contributed by atoms with Gasteiger partial charge in [0.25, 0.3) is 5.91 Å². The Kier molecular flexibility index (Phi) is 14.2. The Hall–Kier alpha value is -3.87. The van der Waals surface area contributed by atoms with Gasteiger partial charge in [0.2, 0.25) is 3.79 Å². The van der Waals surface area contributed by atoms with Crippen LogP contribution in [0.3, 0.4) is 0 Å². The van der Waals surface area contributed by atoms with E-state index in [1.54, 1.807) is 64.2 Å². The summed E-state index contributed by atoms with van der Waals surface area (Å²) in [6.07, 6.45) is -2.26. The molecule has 3 atom stereocenters. The van der Waals surface area contributed by atoms with Crippen LogP contribution in [0.5, 0.6) is 11.5 Å². The molecule has 2 aliphatic heterocycles. The van der Waals surface area contributed by atoms with Gasteiger partial charge in [-0.25, -0.2) is 9.59 Å². The van der Waals surface area contributed by atoms with Gasteiger partial charge >= 0.3 is 12.2 Å². The summed E-state index contributed by atoms with van der Waals surface area (Å²) in [4.78, 5) is 46.9. The summed E-state index contributed by atoms with van der Waals surface area (Å²) in [7, 11) is 1.58. The number of alkyl halides is 3. The van der Waals surface area contributed by atoms with Crippen LogP contribution in [-0.4, -0.2) is 105 Å². The molecule has 5 rings (SSSR count). The molecule has 1 fully saturated rings. The Labute approximate surface area is 360 Å². The second-order valence-corrected chi connectivity index (χ2v) is 18.8. The topological polar surface area (TPSA) is 118 Å². The monoisotopic (exact) mass is 877 g/mol. The van der Waals surface area contributed by atoms with E-state index in [2.05, 4.69) is 0 Å². The van der Waals surface area contributed by atoms with E-state index in [1.807, 2.05) is 44.2 Å². The molecule has 15 heteroatoms. The van der Waals surface area contributed by atoms with Crippen molar-refractivity contribution in [1.29, 1.82) is 0 Å². The number of likely N-dealkylation sites (N-methyl/N-ethyl adjacent to an activating group) is 1. The second-order valence-electron chi connectivity index (χ2n) is 16.1. The van der Waals surface area contributed by atoms with Crippen LogP contribution in [0, 0.1) is 13.8 Å². The maximum absolute atomic E-state index is 14.8. The largest absolute Gasteiger partial charge is 0.490 e. The zero-order valence-corrected chi connectivity index (χ0v) is 37.0. The van der Waals surface area contributed by atoms with E-state index in [9.17, 15) is 19.5 Å². The van der Waals surface area contributed by atoms with E-state index in [1.165, 1.54) is 28.5 Å². The van der Waals surface area contributed by atoms with Crippen LogP contribution >= 0.6 is 46.4 Å². The van der Waals surface area contributed by atoms with Gasteiger partial charge in [-0.15, -0.1) is 0 Å². The molecular formula is C43H51Cl4N3O8. The van der Waals surface area contributed by atoms with Gasteiger partial charge in [-0.3, -0.25) is 9.69 Å². The van der Waals surface area contributed by atoms with Crippen molar-refractivity contribution in [2.45, 2.75) is 88.1 Å². The van der Waals surface area contributed by atoms with Crippen LogP contribution in [0.1, 0.15) is 69.4 Å². The van der Waals surface area contributed by atoms with E-state index in [-0.39, 0.29) is 44.8 Å². The van der Waals surface area contributed by atoms with E-state index >= 15 is 0 Å². The fraction of sp³-hybridized carbons (Fsp3) is 0.465. The molecule has 3 amide bonds. The molecule has 0 radical (unpaired) electrons. The van der Waals surface area contributed by atoms with Crippen LogP contribution in [0.2, 0.25) is 5.02 Å². The van der Waals surface area contributed by atoms with Crippen molar-refractivity contribution < 1.29 is 38.4 Å². The van der Waals surface area contributed by atoms with Crippen molar-refractivity contribution in [2.75, 3.05) is 39.9 Å². The number of carbonyl (C=O) groups is 3. The van der Waals surface area contributed by atoms with Gasteiger partial charge in [0.05, 0.1) is 29.8 Å². The maximum Gasteiger partial charge on any atom is 0.411 e. The third-order valence-corrected chi connectivity index (χ3v) is 11.8. The first-order valence-corrected chi connectivity index (χ1v) is 20.5. The molecule has 0 spiro atoms. The number of benzene rings is 3. The minimum absolute atomic E-state index is 0.0570. The molecule has 3 aromatic carbocycles. The lowest BCUT2D eigenvalue weighted by Gasteiger charge is -2.51. The maximum atomic E-state index is 14.8. The number of rotatable bonds is 11. The molecule has 2 aliphatic rings. The Morgan fingerprint density at radius 2 is 1.48 bits per heavy atom. The number of hydrogen-bond donors (Lipinski definition) is 1. The van der Waals surface area contributed by atoms with Crippen LogP contribution in [0.25, 0.3) is 5.57 Å². The zero-order valence-electron chi connectivity index (χ0n) is 34.0. The molecule has 314 valence electrons. The number of fused-ring (bicyclic) bond motifs is 2. The molecule has 2 unspecified atom stereocenters. The molecule has 1 saturated heterocycles. The minimum Gasteiger partial charge on any atom is -0.490 e. The van der Waals surface area contributed by atoms with Crippen molar-refractivity contribution in [1.82, 2.24) is 14.7 Å². The first-order chi connectivity index (χ1) is 27.1. The van der Waals surface area contributed by atoms with Crippen molar-refractivity contribution >= 4 is 70.1 Å². The molecule has 3 aromatic rings. The van der Waals surface area contributed by atoms with Crippen molar-refractivity contribution in [3.63, 3.8) is 0 Å². The molecule has 2 bridgehead atoms. The van der Waals surface area contributed by atoms with Crippen LogP contribution < -0.4 is 9.47 Å². The third kappa shape index (κ3) is 10.8. The number of ether oxygens (including phenoxy) is 4. The zero-order chi connectivity index (χ0) is 42.7. The summed E-state index contributed by atoms with van der Waals surface area (Å²) < 4.78 is 21.5. The lowest BCUT2D eigenvalue weighted by molar-refractivity contribution is -0.128. The fourth-order valence-electron chi connectivity index (χ4n) is 6.79. The smallest absolute Gasteiger partial charge is 0.411 e. The van der Waals surface area contributed by atoms with Gasteiger partial charge in [-0.05, 0) is 107 Å². The van der Waals surface area contributed by atoms with Crippen molar-refractivity contribution in [3.8, 4) is 11.5 Å². The number of piperazine rings is 1. The van der Waals surface area contributed by atoms with Crippen LogP contribution in [0.4, 0.5) is 9.59 Å². The summed E-state index contributed by atoms with van der Waals surface area (Å²) in [5.41, 5.74) is 2.02. The van der Waals surface area contributed by atoms with Crippen molar-refractivity contribution in [3.05, 3.63) is 99.6 Å². The average molecular weight is 880 g/mol. The first-order valence-electron chi connectivity index (χ1n) is 19.0. The van der Waals surface area contributed by atoms with Gasteiger partial charge in [0.15, 0.2) is 5.60 Å². The van der Waals surface area contributed by atoms with Gasteiger partial charge < -0.3 is 33.9 Å². The number of aliphatic hydroxyl groups excluding tert-OH is 1. The normalized spacial score (nSPS) is 17.7. The Balaban J connectivity index is 1.49. The predicted octanol–water partition coefficient (Wildman–Crippen LogP) is 9.34. The molecule has 2 heterocycles. The van der Waals surface area contributed by atoms with E-state index in [0.29, 0.717) is 33.2 Å². The summed E-state index contributed by atoms with van der Waals surface area (Å²) in [6.45, 7) is 12.6. The average Bonchev–Trinajstić information content (AvgIpc) is 3.13. The summed E-state index contributed by atoms with van der Waals surface area (Å²) in [5.74, 6) is 0.692. The number of aryl methyl sites for hydroxylation is 2. The van der Waals surface area contributed by atoms with Crippen LogP contribution in [0.15, 0.2) is 72.3 Å². The lowest BCUT2D eigenvalue weighted by atomic mass is 9.81. The highest BCUT2D eigenvalue weighted by Crippen LogP contribution is 2.44. The van der Waals surface area contributed by atoms with Gasteiger partial charge in [-0.2, -0.15) is 0 Å². The molecule has 0 aromatic heterocycles. The molecular weight excluding hydrogens is 828 g/mol. The molecule has 0 aliphatic carbocycles. The van der Waals surface area contributed by atoms with E-state index in [4.69, 9.17) is 65.4 Å². The predicted molar refractivity (Wildman–Crippen MR) is 227 cm³/mol. The lowest BCUT2D eigenvalue weighted by Crippen LogP contribution is -2.66. The Morgan fingerprint density at radius 3 is 2.10 bits per heavy atom. The Morgan fingerprint density at radius 1 is 0.862 bits per heavy atom. The molecule has 11 nitrogen and oxygen atoms in total. The molecule has 0 saturated carbocycles. The quantitative estimate of drug-likeness (QED) is 0.150. The SMILES string of the molecule is Cc1cc(Cl)c(OCCOc2ccc(C3=C(C(=O)N(C)C[C@@H](O)c4ccccc4)C4CN(C(=O)OC(C)(C)C)CC(C3)N4C(=O)OC(C)(C)C(Cl)(Cl)Cl)cc2)cc1C. The molecule has 58 heavy (non-hydrogen) atoms. The number of halogens is 4. The van der Waals surface area contributed by atoms with Crippen LogP contribution in [-0.2, 0) is 14.3 Å². The molecule has 1 N–H and O–H groups in total. The van der Waals surface area contributed by atoms with Crippen molar-refractivity contribution in [2.24, 2.45) is 0 Å². The van der Waals surface area contributed by atoms with Gasteiger partial charge in [0, 0.05) is 25.7 Å². The number of hydrogen-bond acceptors (Lipinski definition) is 8. The second kappa shape index (κ2) is 18.2. The number of aliphatic hydroxyl groups is 1. The summed E-state index contributed by atoms with van der Waals surface area (Å²) in [5, 5.41) is 11.7. The summed E-state index contributed by atoms with van der Waals surface area (Å²) >= 11 is 25.0. The van der Waals surface area contributed by atoms with E-state index < -0.39 is 51.3 Å². The van der Waals surface area contributed by atoms with Gasteiger partial charge in [-0.1, -0.05) is 88.9 Å². The minimum atomic E-state index is -1.98. The highest BCUT2D eigenvalue weighted by atomic mass is 35.6. The summed E-state index contributed by atoms with van der Waals surface area (Å²) in [6, 6.07) is 18.4. The third-order valence-electron chi connectivity index (χ3n) is 10.1.